The number of fused-ring (bicyclic) bond motifs is 4. The molecule has 1 saturated carbocycles. The fraction of sp³-hybridized carbons (Fsp3) is 0.450. The molecule has 0 saturated heterocycles. The zero-order valence-corrected chi connectivity index (χ0v) is 31.3. The summed E-state index contributed by atoms with van der Waals surface area (Å²) in [4.78, 5) is 29.4. The first-order chi connectivity index (χ1) is 24.6. The number of allylic oxidation sites excluding steroid dienone is 1. The van der Waals surface area contributed by atoms with Gasteiger partial charge in [0, 0.05) is 47.6 Å². The Labute approximate surface area is 311 Å². The van der Waals surface area contributed by atoms with Crippen molar-refractivity contribution >= 4 is 50.6 Å². The topological polar surface area (TPSA) is 97.3 Å². The molecule has 2 aliphatic heterocycles. The van der Waals surface area contributed by atoms with Crippen molar-refractivity contribution in [3.63, 3.8) is 0 Å². The average molecular weight is 751 g/mol. The van der Waals surface area contributed by atoms with Crippen LogP contribution in [0.2, 0.25) is 10.0 Å². The molecular weight excluding hydrogens is 705 g/mol. The van der Waals surface area contributed by atoms with E-state index in [1.165, 1.54) is 11.1 Å². The Bertz CT molecular complexity index is 1940. The fourth-order valence-corrected chi connectivity index (χ4v) is 10.2. The number of methoxy groups -OCH3 is 1. The summed E-state index contributed by atoms with van der Waals surface area (Å²) in [6.45, 7) is 2.02. The summed E-state index contributed by atoms with van der Waals surface area (Å²) in [6, 6.07) is 18.9. The lowest BCUT2D eigenvalue weighted by atomic mass is 9.68. The Morgan fingerprint density at radius 1 is 1.08 bits per heavy atom. The smallest absolute Gasteiger partial charge is 0.286 e. The lowest BCUT2D eigenvalue weighted by molar-refractivity contribution is -0.119. The van der Waals surface area contributed by atoms with Gasteiger partial charge in [-0.3, -0.25) is 14.3 Å². The molecule has 3 aromatic carbocycles. The molecule has 1 N–H and O–H groups in total. The number of halogens is 2. The number of aryl methyl sites for hydroxylation is 2. The van der Waals surface area contributed by atoms with Crippen LogP contribution in [0.5, 0.6) is 5.75 Å². The van der Waals surface area contributed by atoms with Crippen molar-refractivity contribution in [2.24, 2.45) is 16.2 Å². The molecule has 8 nitrogen and oxygen atoms in total. The van der Waals surface area contributed by atoms with Crippen LogP contribution < -0.4 is 14.4 Å². The maximum Gasteiger partial charge on any atom is 0.286 e. The van der Waals surface area contributed by atoms with E-state index in [4.69, 9.17) is 32.7 Å². The number of nitrogens with zero attached hydrogens (tertiary/aromatic N) is 2. The lowest BCUT2D eigenvalue weighted by Crippen LogP contribution is -2.49. The highest BCUT2D eigenvalue weighted by Crippen LogP contribution is 2.47. The van der Waals surface area contributed by atoms with Crippen LogP contribution in [-0.2, 0) is 37.7 Å². The molecule has 0 unspecified atom stereocenters. The molecule has 0 aromatic heterocycles. The van der Waals surface area contributed by atoms with E-state index in [0.717, 1.165) is 61.5 Å². The van der Waals surface area contributed by atoms with E-state index < -0.39 is 21.7 Å². The molecule has 5 atom stereocenters. The minimum absolute atomic E-state index is 0.0413. The molecular formula is C40H45Cl2N3O5S. The Kier molecular flexibility index (Phi) is 10.8. The highest BCUT2D eigenvalue weighted by atomic mass is 35.5. The van der Waals surface area contributed by atoms with E-state index in [-0.39, 0.29) is 23.7 Å². The van der Waals surface area contributed by atoms with E-state index in [1.54, 1.807) is 25.3 Å². The molecule has 11 heteroatoms. The number of rotatable bonds is 5. The van der Waals surface area contributed by atoms with Gasteiger partial charge in [0.15, 0.2) is 0 Å². The zero-order valence-electron chi connectivity index (χ0n) is 29.0. The fourth-order valence-electron chi connectivity index (χ4n) is 8.25. The molecule has 0 radical (unpaired) electrons. The van der Waals surface area contributed by atoms with Crippen LogP contribution in [0, 0.1) is 11.8 Å². The molecule has 2 aliphatic carbocycles. The van der Waals surface area contributed by atoms with E-state index >= 15 is 0 Å². The lowest BCUT2D eigenvalue weighted by Gasteiger charge is -2.46. The van der Waals surface area contributed by atoms with Crippen LogP contribution in [0.4, 0.5) is 5.69 Å². The van der Waals surface area contributed by atoms with Crippen molar-refractivity contribution in [2.45, 2.75) is 69.3 Å². The van der Waals surface area contributed by atoms with Gasteiger partial charge in [0.25, 0.3) is 5.91 Å². The summed E-state index contributed by atoms with van der Waals surface area (Å²) >= 11 is 12.5. The minimum atomic E-state index is -3.42. The molecule has 4 aliphatic rings. The molecule has 7 rings (SSSR count). The van der Waals surface area contributed by atoms with Crippen LogP contribution >= 0.6 is 23.2 Å². The number of anilines is 1. The molecule has 1 spiro atoms. The SMILES string of the molecule is CO[C@H]1/C=C/CCC[S@@](=O)(NC(=O)CCc2ccc(Cl)cc2)=NC(=O)c2ccc3c(c2)N(C[C@@H]2CC[C@H]21)C[C@@]1(CCCc2cc(Cl)ccc21)CO3. The predicted octanol–water partition coefficient (Wildman–Crippen LogP) is 8.13. The Hall–Kier alpha value is -3.37. The molecule has 2 bridgehead atoms. The second kappa shape index (κ2) is 15.3. The third kappa shape index (κ3) is 8.02. The second-order valence-electron chi connectivity index (χ2n) is 14.5. The van der Waals surface area contributed by atoms with Gasteiger partial charge in [0.1, 0.15) is 15.7 Å². The summed E-state index contributed by atoms with van der Waals surface area (Å²) < 4.78 is 33.8. The van der Waals surface area contributed by atoms with Gasteiger partial charge in [-0.1, -0.05) is 53.6 Å². The third-order valence-corrected chi connectivity index (χ3v) is 13.4. The standard InChI is InChI=1S/C40H45Cl2N3O5S/c1-49-36-7-3-2-4-21-51(48,43-38(46)19-10-27-8-13-31(41)14-9-27)44-39(47)29-12-18-37-35(23-29)45(24-30-11-16-33(30)36)25-40(26-50-37)20-5-6-28-22-32(42)15-17-34(28)40/h3,7-9,12-15,17-18,22-23,30,33,36H,2,4-6,10-11,16,19-21,24-26H2,1H3,(H,43,44,46,47,48)/b7-3+/t30-,33+,36-,40-,51+/m0/s1. The summed E-state index contributed by atoms with van der Waals surface area (Å²) in [7, 11) is -1.66. The summed E-state index contributed by atoms with van der Waals surface area (Å²) in [6.07, 6.45) is 10.9. The number of benzene rings is 3. The van der Waals surface area contributed by atoms with Crippen molar-refractivity contribution in [2.75, 3.05) is 37.5 Å². The van der Waals surface area contributed by atoms with Gasteiger partial charge in [-0.2, -0.15) is 0 Å². The molecule has 3 aromatic rings. The van der Waals surface area contributed by atoms with Crippen LogP contribution in [-0.4, -0.2) is 54.7 Å². The normalized spacial score (nSPS) is 28.3. The van der Waals surface area contributed by atoms with Crippen molar-refractivity contribution in [3.8, 4) is 5.75 Å². The van der Waals surface area contributed by atoms with Gasteiger partial charge >= 0.3 is 0 Å². The number of carbonyl (C=O) groups excluding carboxylic acids is 2. The highest BCUT2D eigenvalue weighted by Gasteiger charge is 2.44. The minimum Gasteiger partial charge on any atom is -0.490 e. The van der Waals surface area contributed by atoms with Gasteiger partial charge in [-0.25, -0.2) is 4.21 Å². The van der Waals surface area contributed by atoms with E-state index in [1.807, 2.05) is 30.3 Å². The van der Waals surface area contributed by atoms with Crippen molar-refractivity contribution < 1.29 is 23.3 Å². The monoisotopic (exact) mass is 749 g/mol. The highest BCUT2D eigenvalue weighted by molar-refractivity contribution is 7.92. The Morgan fingerprint density at radius 2 is 1.90 bits per heavy atom. The maximum absolute atomic E-state index is 14.3. The van der Waals surface area contributed by atoms with Gasteiger partial charge in [0.2, 0.25) is 5.91 Å². The van der Waals surface area contributed by atoms with Gasteiger partial charge in [-0.15, -0.1) is 4.36 Å². The molecule has 2 heterocycles. The van der Waals surface area contributed by atoms with Crippen molar-refractivity contribution in [1.29, 1.82) is 0 Å². The van der Waals surface area contributed by atoms with Crippen molar-refractivity contribution in [1.82, 2.24) is 4.72 Å². The Balaban J connectivity index is 1.23. The van der Waals surface area contributed by atoms with E-state index in [0.29, 0.717) is 54.0 Å². The quantitative estimate of drug-likeness (QED) is 0.265. The second-order valence-corrected chi connectivity index (χ2v) is 17.4. The van der Waals surface area contributed by atoms with Crippen LogP contribution in [0.15, 0.2) is 77.2 Å². The zero-order chi connectivity index (χ0) is 35.6. The van der Waals surface area contributed by atoms with Crippen LogP contribution in [0.25, 0.3) is 0 Å². The van der Waals surface area contributed by atoms with Gasteiger partial charge in [-0.05, 0) is 122 Å². The summed E-state index contributed by atoms with van der Waals surface area (Å²) in [5.41, 5.74) is 4.36. The number of carbonyl (C=O) groups is 2. The van der Waals surface area contributed by atoms with Crippen LogP contribution in [0.1, 0.15) is 72.0 Å². The first kappa shape index (κ1) is 36.0. The summed E-state index contributed by atoms with van der Waals surface area (Å²) in [5, 5.41) is 1.36. The largest absolute Gasteiger partial charge is 0.490 e. The van der Waals surface area contributed by atoms with E-state index in [9.17, 15) is 13.8 Å². The van der Waals surface area contributed by atoms with E-state index in [2.05, 4.69) is 38.3 Å². The van der Waals surface area contributed by atoms with Gasteiger partial charge < -0.3 is 14.4 Å². The Morgan fingerprint density at radius 3 is 2.69 bits per heavy atom. The molecule has 270 valence electrons. The molecule has 51 heavy (non-hydrogen) atoms. The predicted molar refractivity (Wildman–Crippen MR) is 203 cm³/mol. The average Bonchev–Trinajstić information content (AvgIpc) is 3.25. The number of amides is 2. The molecule has 2 amide bonds. The maximum atomic E-state index is 14.3. The summed E-state index contributed by atoms with van der Waals surface area (Å²) in [5.74, 6) is 0.458. The first-order valence-corrected chi connectivity index (χ1v) is 20.4. The third-order valence-electron chi connectivity index (χ3n) is 11.1. The number of hydrogen-bond donors (Lipinski definition) is 1. The number of ether oxygens (including phenoxy) is 2. The van der Waals surface area contributed by atoms with Crippen LogP contribution in [0.3, 0.4) is 0 Å². The van der Waals surface area contributed by atoms with Gasteiger partial charge in [0.05, 0.1) is 24.2 Å². The van der Waals surface area contributed by atoms with Crippen molar-refractivity contribution in [3.05, 3.63) is 105 Å². The number of nitrogens with one attached hydrogen (secondary N) is 1. The number of hydrogen-bond acceptors (Lipinski definition) is 6. The molecule has 1 fully saturated rings. The first-order valence-electron chi connectivity index (χ1n) is 18.0.